The van der Waals surface area contributed by atoms with Crippen molar-refractivity contribution in [2.45, 2.75) is 19.9 Å². The Hall–Kier alpha value is -2.97. The van der Waals surface area contributed by atoms with Gasteiger partial charge in [0.2, 0.25) is 0 Å². The number of benzene rings is 2. The van der Waals surface area contributed by atoms with Crippen molar-refractivity contribution >= 4 is 23.6 Å². The third kappa shape index (κ3) is 5.25. The van der Waals surface area contributed by atoms with E-state index in [9.17, 15) is 10.1 Å². The van der Waals surface area contributed by atoms with E-state index in [-0.39, 0.29) is 11.6 Å². The third-order valence-corrected chi connectivity index (χ3v) is 4.22. The molecule has 0 saturated carbocycles. The van der Waals surface area contributed by atoms with E-state index in [0.717, 1.165) is 5.56 Å². The molecule has 0 heterocycles. The van der Waals surface area contributed by atoms with Crippen molar-refractivity contribution in [2.75, 3.05) is 13.7 Å². The van der Waals surface area contributed by atoms with Crippen LogP contribution in [0.2, 0.25) is 5.02 Å². The quantitative estimate of drug-likeness (QED) is 0.562. The highest BCUT2D eigenvalue weighted by Crippen LogP contribution is 2.34. The van der Waals surface area contributed by atoms with Gasteiger partial charge >= 0.3 is 0 Å². The van der Waals surface area contributed by atoms with E-state index < -0.39 is 5.91 Å². The number of nitrogens with zero attached hydrogens (tertiary/aromatic N) is 1. The summed E-state index contributed by atoms with van der Waals surface area (Å²) in [6.07, 6.45) is 1.44. The second-order valence-corrected chi connectivity index (χ2v) is 6.14. The molecule has 0 saturated heterocycles. The van der Waals surface area contributed by atoms with Crippen LogP contribution in [-0.4, -0.2) is 19.6 Å². The largest absolute Gasteiger partial charge is 0.493 e. The van der Waals surface area contributed by atoms with E-state index in [1.165, 1.54) is 13.2 Å². The smallest absolute Gasteiger partial charge is 0.262 e. The topological polar surface area (TPSA) is 71.3 Å². The van der Waals surface area contributed by atoms with Crippen molar-refractivity contribution in [1.29, 1.82) is 5.26 Å². The van der Waals surface area contributed by atoms with E-state index >= 15 is 0 Å². The molecular weight excluding hydrogens is 364 g/mol. The lowest BCUT2D eigenvalue weighted by Crippen LogP contribution is -2.27. The second kappa shape index (κ2) is 9.65. The van der Waals surface area contributed by atoms with Crippen molar-refractivity contribution < 1.29 is 14.3 Å². The molecule has 0 aliphatic carbocycles. The SMILES string of the molecule is CCOc1cc(/C=C(/C#N)C(=O)N[C@H](C)c2ccccc2)c(Cl)cc1OC. The number of methoxy groups -OCH3 is 1. The molecule has 140 valence electrons. The zero-order chi connectivity index (χ0) is 19.8. The number of nitrogens with one attached hydrogen (secondary N) is 1. The number of ether oxygens (including phenoxy) is 2. The number of rotatable bonds is 7. The first-order chi connectivity index (χ1) is 13.0. The van der Waals surface area contributed by atoms with Crippen LogP contribution in [0, 0.1) is 11.3 Å². The van der Waals surface area contributed by atoms with Crippen molar-refractivity contribution in [2.24, 2.45) is 0 Å². The number of amides is 1. The molecule has 0 unspecified atom stereocenters. The molecular formula is C21H21ClN2O3. The van der Waals surface area contributed by atoms with Crippen LogP contribution >= 0.6 is 11.6 Å². The maximum absolute atomic E-state index is 12.5. The van der Waals surface area contributed by atoms with E-state index in [1.807, 2.05) is 50.2 Å². The summed E-state index contributed by atoms with van der Waals surface area (Å²) in [5.41, 5.74) is 1.40. The van der Waals surface area contributed by atoms with Gasteiger partial charge in [0.25, 0.3) is 5.91 Å². The predicted molar refractivity (Wildman–Crippen MR) is 106 cm³/mol. The minimum Gasteiger partial charge on any atom is -0.493 e. The Morgan fingerprint density at radius 3 is 2.59 bits per heavy atom. The number of halogens is 1. The molecule has 0 bridgehead atoms. The molecule has 5 nitrogen and oxygen atoms in total. The van der Waals surface area contributed by atoms with Gasteiger partial charge in [-0.05, 0) is 37.1 Å². The van der Waals surface area contributed by atoms with Gasteiger partial charge in [0, 0.05) is 6.07 Å². The van der Waals surface area contributed by atoms with Crippen molar-refractivity contribution in [3.63, 3.8) is 0 Å². The van der Waals surface area contributed by atoms with E-state index in [4.69, 9.17) is 21.1 Å². The van der Waals surface area contributed by atoms with Gasteiger partial charge in [0.15, 0.2) is 11.5 Å². The molecule has 0 aliphatic heterocycles. The Bertz CT molecular complexity index is 873. The second-order valence-electron chi connectivity index (χ2n) is 5.73. The van der Waals surface area contributed by atoms with Crippen molar-refractivity contribution in [1.82, 2.24) is 5.32 Å². The van der Waals surface area contributed by atoms with Gasteiger partial charge in [-0.3, -0.25) is 4.79 Å². The average Bonchev–Trinajstić information content (AvgIpc) is 2.68. The number of hydrogen-bond acceptors (Lipinski definition) is 4. The van der Waals surface area contributed by atoms with Gasteiger partial charge in [-0.15, -0.1) is 0 Å². The highest BCUT2D eigenvalue weighted by Gasteiger charge is 2.16. The first-order valence-corrected chi connectivity index (χ1v) is 8.85. The van der Waals surface area contributed by atoms with E-state index in [2.05, 4.69) is 5.32 Å². The zero-order valence-corrected chi connectivity index (χ0v) is 16.2. The highest BCUT2D eigenvalue weighted by atomic mass is 35.5. The molecule has 2 aromatic carbocycles. The Labute approximate surface area is 164 Å². The van der Waals surface area contributed by atoms with Crippen LogP contribution < -0.4 is 14.8 Å². The summed E-state index contributed by atoms with van der Waals surface area (Å²) in [5.74, 6) is 0.504. The standard InChI is InChI=1S/C21H21ClN2O3/c1-4-27-20-11-16(18(22)12-19(20)26-3)10-17(13-23)21(25)24-14(2)15-8-6-5-7-9-15/h5-12,14H,4H2,1-3H3,(H,24,25)/b17-10-/t14-/m1/s1. The average molecular weight is 385 g/mol. The minimum absolute atomic E-state index is 0.0488. The molecule has 2 rings (SSSR count). The summed E-state index contributed by atoms with van der Waals surface area (Å²) >= 11 is 6.27. The summed E-state index contributed by atoms with van der Waals surface area (Å²) in [6.45, 7) is 4.15. The lowest BCUT2D eigenvalue weighted by Gasteiger charge is -2.14. The van der Waals surface area contributed by atoms with Crippen LogP contribution in [0.1, 0.15) is 31.0 Å². The van der Waals surface area contributed by atoms with Crippen LogP contribution in [0.4, 0.5) is 0 Å². The number of nitriles is 1. The van der Waals surface area contributed by atoms with Gasteiger partial charge in [-0.1, -0.05) is 41.9 Å². The van der Waals surface area contributed by atoms with Gasteiger partial charge in [-0.2, -0.15) is 5.26 Å². The van der Waals surface area contributed by atoms with E-state index in [0.29, 0.717) is 28.7 Å². The van der Waals surface area contributed by atoms with Gasteiger partial charge in [0.1, 0.15) is 11.6 Å². The predicted octanol–water partition coefficient (Wildman–Crippen LogP) is 4.53. The van der Waals surface area contributed by atoms with E-state index in [1.54, 1.807) is 12.1 Å². The Morgan fingerprint density at radius 1 is 1.30 bits per heavy atom. The highest BCUT2D eigenvalue weighted by molar-refractivity contribution is 6.32. The molecule has 6 heteroatoms. The van der Waals surface area contributed by atoms with Crippen LogP contribution in [0.25, 0.3) is 6.08 Å². The third-order valence-electron chi connectivity index (χ3n) is 3.89. The van der Waals surface area contributed by atoms with Crippen LogP contribution in [-0.2, 0) is 4.79 Å². The lowest BCUT2D eigenvalue weighted by atomic mass is 10.1. The number of carbonyl (C=O) groups excluding carboxylic acids is 1. The maximum atomic E-state index is 12.5. The lowest BCUT2D eigenvalue weighted by molar-refractivity contribution is -0.117. The molecule has 2 aromatic rings. The van der Waals surface area contributed by atoms with Gasteiger partial charge in [-0.25, -0.2) is 0 Å². The molecule has 0 radical (unpaired) electrons. The molecule has 1 atom stereocenters. The first-order valence-electron chi connectivity index (χ1n) is 8.48. The molecule has 1 N–H and O–H groups in total. The van der Waals surface area contributed by atoms with Crippen LogP contribution in [0.3, 0.4) is 0 Å². The number of carbonyl (C=O) groups is 1. The van der Waals surface area contributed by atoms with Gasteiger partial charge in [0.05, 0.1) is 24.8 Å². The monoisotopic (exact) mass is 384 g/mol. The fraction of sp³-hybridized carbons (Fsp3) is 0.238. The summed E-state index contributed by atoms with van der Waals surface area (Å²) < 4.78 is 10.8. The molecule has 0 aromatic heterocycles. The Kier molecular flexibility index (Phi) is 7.27. The minimum atomic E-state index is -0.473. The first kappa shape index (κ1) is 20.3. The van der Waals surface area contributed by atoms with Gasteiger partial charge < -0.3 is 14.8 Å². The Balaban J connectivity index is 2.28. The maximum Gasteiger partial charge on any atom is 0.262 e. The normalized spacial score (nSPS) is 12.0. The molecule has 0 aliphatic rings. The molecule has 0 spiro atoms. The summed E-state index contributed by atoms with van der Waals surface area (Å²) in [5, 5.41) is 12.6. The summed E-state index contributed by atoms with van der Waals surface area (Å²) in [6, 6.07) is 14.5. The fourth-order valence-electron chi connectivity index (χ4n) is 2.49. The van der Waals surface area contributed by atoms with Crippen molar-refractivity contribution in [3.05, 3.63) is 64.2 Å². The molecule has 27 heavy (non-hydrogen) atoms. The summed E-state index contributed by atoms with van der Waals surface area (Å²) in [7, 11) is 1.52. The summed E-state index contributed by atoms with van der Waals surface area (Å²) in [4.78, 5) is 12.5. The number of hydrogen-bond donors (Lipinski definition) is 1. The van der Waals surface area contributed by atoms with Crippen LogP contribution in [0.15, 0.2) is 48.0 Å². The zero-order valence-electron chi connectivity index (χ0n) is 15.5. The molecule has 1 amide bonds. The fourth-order valence-corrected chi connectivity index (χ4v) is 2.70. The van der Waals surface area contributed by atoms with Crippen LogP contribution in [0.5, 0.6) is 11.5 Å². The van der Waals surface area contributed by atoms with Crippen molar-refractivity contribution in [3.8, 4) is 17.6 Å². The Morgan fingerprint density at radius 2 is 2.00 bits per heavy atom. The molecule has 0 fully saturated rings.